The predicted octanol–water partition coefficient (Wildman–Crippen LogP) is 0.687. The number of carboxylic acids is 1. The van der Waals surface area contributed by atoms with Crippen LogP contribution in [-0.2, 0) is 4.79 Å². The lowest BCUT2D eigenvalue weighted by Gasteiger charge is -2.05. The van der Waals surface area contributed by atoms with Crippen molar-refractivity contribution in [3.05, 3.63) is 48.4 Å². The minimum atomic E-state index is -1.09. The van der Waals surface area contributed by atoms with Crippen LogP contribution in [0.15, 0.2) is 42.7 Å². The summed E-state index contributed by atoms with van der Waals surface area (Å²) in [5, 5.41) is 10.7. The Bertz CT molecular complexity index is 564. The van der Waals surface area contributed by atoms with E-state index in [1.54, 1.807) is 29.1 Å². The van der Waals surface area contributed by atoms with Crippen LogP contribution in [0.5, 0.6) is 0 Å². The van der Waals surface area contributed by atoms with E-state index >= 15 is 0 Å². The molecule has 2 aromatic heterocycles. The number of hydrogen-bond donors (Lipinski definition) is 2. The smallest absolute Gasteiger partial charge is 0.322 e. The highest BCUT2D eigenvalue weighted by atomic mass is 16.4. The number of aromatic nitrogens is 2. The van der Waals surface area contributed by atoms with Crippen LogP contribution in [0, 0.1) is 0 Å². The third kappa shape index (κ3) is 2.73. The van der Waals surface area contributed by atoms with Gasteiger partial charge in [0.1, 0.15) is 18.1 Å². The van der Waals surface area contributed by atoms with E-state index < -0.39 is 18.4 Å². The highest BCUT2D eigenvalue weighted by Gasteiger charge is 2.09. The third-order valence-electron chi connectivity index (χ3n) is 2.24. The normalized spacial score (nSPS) is 10.0. The van der Waals surface area contributed by atoms with Crippen molar-refractivity contribution in [1.29, 1.82) is 0 Å². The van der Waals surface area contributed by atoms with Crippen molar-refractivity contribution in [3.8, 4) is 5.82 Å². The molecule has 0 saturated heterocycles. The van der Waals surface area contributed by atoms with Crippen molar-refractivity contribution >= 4 is 11.9 Å². The fourth-order valence-electron chi connectivity index (χ4n) is 1.43. The summed E-state index contributed by atoms with van der Waals surface area (Å²) in [5.41, 5.74) is 0.183. The van der Waals surface area contributed by atoms with Crippen molar-refractivity contribution in [1.82, 2.24) is 14.9 Å². The van der Waals surface area contributed by atoms with Gasteiger partial charge in [0.2, 0.25) is 0 Å². The molecule has 2 N–H and O–H groups in total. The van der Waals surface area contributed by atoms with Crippen LogP contribution in [-0.4, -0.2) is 33.1 Å². The molecule has 6 heteroatoms. The van der Waals surface area contributed by atoms with Gasteiger partial charge >= 0.3 is 5.97 Å². The molecule has 0 aliphatic carbocycles. The van der Waals surface area contributed by atoms with Crippen molar-refractivity contribution in [2.45, 2.75) is 0 Å². The average molecular weight is 245 g/mol. The summed E-state index contributed by atoms with van der Waals surface area (Å²) in [4.78, 5) is 26.1. The summed E-state index contributed by atoms with van der Waals surface area (Å²) in [7, 11) is 0. The second-order valence-corrected chi connectivity index (χ2v) is 3.55. The number of nitrogens with one attached hydrogen (secondary N) is 1. The zero-order valence-corrected chi connectivity index (χ0v) is 9.41. The quantitative estimate of drug-likeness (QED) is 0.829. The lowest BCUT2D eigenvalue weighted by atomic mass is 10.3. The number of nitrogens with zero attached hydrogens (tertiary/aromatic N) is 2. The van der Waals surface area contributed by atoms with Gasteiger partial charge in [-0.15, -0.1) is 0 Å². The van der Waals surface area contributed by atoms with Crippen LogP contribution in [0.3, 0.4) is 0 Å². The Morgan fingerprint density at radius 1 is 1.22 bits per heavy atom. The van der Waals surface area contributed by atoms with E-state index in [1.807, 2.05) is 12.1 Å². The highest BCUT2D eigenvalue weighted by molar-refractivity contribution is 5.94. The number of carbonyl (C=O) groups is 2. The number of rotatable bonds is 4. The summed E-state index contributed by atoms with van der Waals surface area (Å²) in [6.07, 6.45) is 3.61. The molecule has 0 aromatic carbocycles. The van der Waals surface area contributed by atoms with Crippen LogP contribution >= 0.6 is 0 Å². The van der Waals surface area contributed by atoms with Gasteiger partial charge < -0.3 is 15.0 Å². The Morgan fingerprint density at radius 3 is 2.61 bits per heavy atom. The van der Waals surface area contributed by atoms with Gasteiger partial charge in [-0.25, -0.2) is 4.98 Å². The van der Waals surface area contributed by atoms with Gasteiger partial charge in [-0.1, -0.05) is 6.07 Å². The van der Waals surface area contributed by atoms with Crippen molar-refractivity contribution < 1.29 is 14.7 Å². The average Bonchev–Trinajstić information content (AvgIpc) is 2.90. The molecule has 0 unspecified atom stereocenters. The Labute approximate surface area is 103 Å². The molecule has 1 amide bonds. The lowest BCUT2D eigenvalue weighted by Crippen LogP contribution is -2.30. The van der Waals surface area contributed by atoms with E-state index in [9.17, 15) is 9.59 Å². The zero-order valence-electron chi connectivity index (χ0n) is 9.41. The summed E-state index contributed by atoms with van der Waals surface area (Å²) in [6.45, 7) is -0.422. The first-order chi connectivity index (χ1) is 8.66. The molecule has 6 nitrogen and oxygen atoms in total. The minimum absolute atomic E-state index is 0.183. The van der Waals surface area contributed by atoms with E-state index in [0.29, 0.717) is 5.82 Å². The first kappa shape index (κ1) is 11.8. The van der Waals surface area contributed by atoms with E-state index in [2.05, 4.69) is 10.3 Å². The number of carboxylic acid groups (broad SMARTS) is 1. The maximum absolute atomic E-state index is 11.6. The van der Waals surface area contributed by atoms with E-state index in [0.717, 1.165) is 0 Å². The van der Waals surface area contributed by atoms with E-state index in [-0.39, 0.29) is 5.69 Å². The molecule has 0 saturated carbocycles. The van der Waals surface area contributed by atoms with Gasteiger partial charge in [-0.3, -0.25) is 9.59 Å². The van der Waals surface area contributed by atoms with Crippen LogP contribution in [0.4, 0.5) is 0 Å². The Kier molecular flexibility index (Phi) is 3.38. The molecule has 2 heterocycles. The van der Waals surface area contributed by atoms with Gasteiger partial charge in [-0.2, -0.15) is 0 Å². The predicted molar refractivity (Wildman–Crippen MR) is 63.5 cm³/mol. The standard InChI is InChI=1S/C12H11N3O3/c16-11(17)8-13-12(18)9-4-3-5-10(14-9)15-6-1-2-7-15/h1-7H,8H2,(H,13,18)(H,16,17). The second kappa shape index (κ2) is 5.13. The second-order valence-electron chi connectivity index (χ2n) is 3.55. The molecular formula is C12H11N3O3. The van der Waals surface area contributed by atoms with Gasteiger partial charge in [-0.05, 0) is 24.3 Å². The molecule has 2 aromatic rings. The molecule has 0 aliphatic rings. The maximum atomic E-state index is 11.6. The fraction of sp³-hybridized carbons (Fsp3) is 0.0833. The lowest BCUT2D eigenvalue weighted by molar-refractivity contribution is -0.135. The molecule has 0 atom stereocenters. The van der Waals surface area contributed by atoms with Crippen LogP contribution in [0.1, 0.15) is 10.5 Å². The number of carbonyl (C=O) groups excluding carboxylic acids is 1. The van der Waals surface area contributed by atoms with Crippen LogP contribution < -0.4 is 5.32 Å². The first-order valence-corrected chi connectivity index (χ1v) is 5.27. The summed E-state index contributed by atoms with van der Waals surface area (Å²) >= 11 is 0. The monoisotopic (exact) mass is 245 g/mol. The molecule has 2 rings (SSSR count). The fourth-order valence-corrected chi connectivity index (χ4v) is 1.43. The van der Waals surface area contributed by atoms with Gasteiger partial charge in [0.05, 0.1) is 0 Å². The largest absolute Gasteiger partial charge is 0.480 e. The first-order valence-electron chi connectivity index (χ1n) is 5.27. The topological polar surface area (TPSA) is 84.2 Å². The molecular weight excluding hydrogens is 234 g/mol. The zero-order chi connectivity index (χ0) is 13.0. The molecule has 18 heavy (non-hydrogen) atoms. The van der Waals surface area contributed by atoms with Crippen molar-refractivity contribution in [2.24, 2.45) is 0 Å². The Balaban J connectivity index is 2.17. The number of pyridine rings is 1. The minimum Gasteiger partial charge on any atom is -0.480 e. The van der Waals surface area contributed by atoms with Crippen molar-refractivity contribution in [3.63, 3.8) is 0 Å². The number of amides is 1. The summed E-state index contributed by atoms with van der Waals surface area (Å²) < 4.78 is 1.76. The summed E-state index contributed by atoms with van der Waals surface area (Å²) in [6, 6.07) is 8.67. The number of hydrogen-bond acceptors (Lipinski definition) is 3. The molecule has 0 bridgehead atoms. The molecule has 0 fully saturated rings. The van der Waals surface area contributed by atoms with E-state index in [4.69, 9.17) is 5.11 Å². The van der Waals surface area contributed by atoms with Crippen LogP contribution in [0.2, 0.25) is 0 Å². The Morgan fingerprint density at radius 2 is 1.94 bits per heavy atom. The SMILES string of the molecule is O=C(O)CNC(=O)c1cccc(-n2cccc2)n1. The Hall–Kier alpha value is -2.63. The summed E-state index contributed by atoms with van der Waals surface area (Å²) in [5.74, 6) is -1.00. The van der Waals surface area contributed by atoms with Gasteiger partial charge in [0, 0.05) is 12.4 Å². The van der Waals surface area contributed by atoms with Gasteiger partial charge in [0.25, 0.3) is 5.91 Å². The van der Waals surface area contributed by atoms with Gasteiger partial charge in [0.15, 0.2) is 0 Å². The van der Waals surface area contributed by atoms with Crippen molar-refractivity contribution in [2.75, 3.05) is 6.54 Å². The van der Waals surface area contributed by atoms with Crippen LogP contribution in [0.25, 0.3) is 5.82 Å². The molecule has 0 aliphatic heterocycles. The highest BCUT2D eigenvalue weighted by Crippen LogP contribution is 2.06. The van der Waals surface area contributed by atoms with E-state index in [1.165, 1.54) is 6.07 Å². The molecule has 0 spiro atoms. The maximum Gasteiger partial charge on any atom is 0.322 e. The molecule has 0 radical (unpaired) electrons. The number of aliphatic carboxylic acids is 1. The molecule has 92 valence electrons. The third-order valence-corrected chi connectivity index (χ3v) is 2.24.